The molecule has 5 nitrogen and oxygen atoms in total. The number of thiazole rings is 1. The Kier molecular flexibility index (Phi) is 5.23. The number of hydrogen-bond acceptors (Lipinski definition) is 5. The zero-order chi connectivity index (χ0) is 14.5. The fourth-order valence-corrected chi connectivity index (χ4v) is 3.39. The molecule has 0 radical (unpaired) electrons. The van der Waals surface area contributed by atoms with Gasteiger partial charge in [-0.2, -0.15) is 0 Å². The fourth-order valence-electron chi connectivity index (χ4n) is 2.36. The number of hydrogen-bond donors (Lipinski definition) is 2. The first kappa shape index (κ1) is 15.1. The molecule has 0 atom stereocenters. The van der Waals surface area contributed by atoms with Crippen LogP contribution in [0.5, 0.6) is 0 Å². The van der Waals surface area contributed by atoms with Crippen LogP contribution in [0.2, 0.25) is 0 Å². The molecule has 2 rings (SSSR count). The summed E-state index contributed by atoms with van der Waals surface area (Å²) in [5.41, 5.74) is 5.87. The van der Waals surface area contributed by atoms with Crippen molar-refractivity contribution in [3.8, 4) is 0 Å². The van der Waals surface area contributed by atoms with E-state index in [9.17, 15) is 4.79 Å². The highest BCUT2D eigenvalue weighted by Gasteiger charge is 2.20. The lowest BCUT2D eigenvalue weighted by atomic mass is 9.83. The molecular formula is C14H24N4OS. The summed E-state index contributed by atoms with van der Waals surface area (Å²) in [6.45, 7) is 6.61. The number of nitrogens with two attached hydrogens (primary N) is 1. The number of carbonyl (C=O) groups excluding carboxylic acids is 1. The molecule has 0 unspecified atom stereocenters. The van der Waals surface area contributed by atoms with Crippen molar-refractivity contribution in [1.82, 2.24) is 10.3 Å². The van der Waals surface area contributed by atoms with Crippen LogP contribution in [0.4, 0.5) is 10.9 Å². The molecule has 0 aliphatic heterocycles. The van der Waals surface area contributed by atoms with Crippen LogP contribution >= 0.6 is 11.3 Å². The summed E-state index contributed by atoms with van der Waals surface area (Å²) in [4.78, 5) is 19.1. The largest absolute Gasteiger partial charge is 0.382 e. The number of nitrogens with zero attached hydrogens (tertiary/aromatic N) is 2. The van der Waals surface area contributed by atoms with Gasteiger partial charge >= 0.3 is 0 Å². The van der Waals surface area contributed by atoms with E-state index in [1.54, 1.807) is 0 Å². The first-order chi connectivity index (χ1) is 9.65. The Morgan fingerprint density at radius 3 is 2.70 bits per heavy atom. The topological polar surface area (TPSA) is 71.2 Å². The third-order valence-corrected chi connectivity index (χ3v) is 5.08. The first-order valence-corrected chi connectivity index (χ1v) is 8.26. The Morgan fingerprint density at radius 2 is 2.15 bits per heavy atom. The Bertz CT molecular complexity index is 452. The van der Waals surface area contributed by atoms with Crippen LogP contribution in [-0.2, 0) is 0 Å². The van der Waals surface area contributed by atoms with Gasteiger partial charge in [-0.3, -0.25) is 4.79 Å². The second-order valence-corrected chi connectivity index (χ2v) is 6.20. The molecule has 1 amide bonds. The Labute approximate surface area is 124 Å². The predicted octanol–water partition coefficient (Wildman–Crippen LogP) is 2.49. The van der Waals surface area contributed by atoms with E-state index in [1.807, 2.05) is 0 Å². The summed E-state index contributed by atoms with van der Waals surface area (Å²) in [6.07, 6.45) is 5.04. The van der Waals surface area contributed by atoms with Crippen molar-refractivity contribution in [3.63, 3.8) is 0 Å². The van der Waals surface area contributed by atoms with Gasteiger partial charge in [-0.1, -0.05) is 30.6 Å². The predicted molar refractivity (Wildman–Crippen MR) is 84.4 cm³/mol. The Morgan fingerprint density at radius 1 is 1.45 bits per heavy atom. The van der Waals surface area contributed by atoms with E-state index in [4.69, 9.17) is 5.73 Å². The summed E-state index contributed by atoms with van der Waals surface area (Å²) in [7, 11) is 0. The van der Waals surface area contributed by atoms with E-state index in [-0.39, 0.29) is 5.91 Å². The summed E-state index contributed by atoms with van der Waals surface area (Å²) in [5.74, 6) is 1.07. The number of nitrogens with one attached hydrogen (secondary N) is 1. The van der Waals surface area contributed by atoms with E-state index in [0.29, 0.717) is 10.7 Å². The standard InChI is InChI=1S/C14H24N4OS/c1-3-18(4-2)14-17-12(15)11(20-14)13(19)16-9-8-10-6-5-7-10/h10H,3-9,15H2,1-2H3,(H,16,19). The van der Waals surface area contributed by atoms with Gasteiger partial charge in [0.05, 0.1) is 0 Å². The minimum atomic E-state index is -0.0854. The molecule has 0 spiro atoms. The molecule has 6 heteroatoms. The van der Waals surface area contributed by atoms with Gasteiger partial charge in [-0.25, -0.2) is 4.98 Å². The summed E-state index contributed by atoms with van der Waals surface area (Å²) < 4.78 is 0. The molecule has 1 fully saturated rings. The molecule has 3 N–H and O–H groups in total. The molecule has 1 saturated carbocycles. The van der Waals surface area contributed by atoms with Crippen LogP contribution in [0.1, 0.15) is 49.2 Å². The molecule has 0 bridgehead atoms. The average molecular weight is 296 g/mol. The minimum Gasteiger partial charge on any atom is -0.382 e. The van der Waals surface area contributed by atoms with Crippen LogP contribution in [0.25, 0.3) is 0 Å². The molecule has 1 aliphatic rings. The average Bonchev–Trinajstić information content (AvgIpc) is 2.76. The van der Waals surface area contributed by atoms with Crippen molar-refractivity contribution in [2.24, 2.45) is 5.92 Å². The zero-order valence-corrected chi connectivity index (χ0v) is 13.1. The van der Waals surface area contributed by atoms with Crippen molar-refractivity contribution in [2.75, 3.05) is 30.3 Å². The van der Waals surface area contributed by atoms with Gasteiger partial charge in [0.15, 0.2) is 5.13 Å². The summed E-state index contributed by atoms with van der Waals surface area (Å²) in [6, 6.07) is 0. The van der Waals surface area contributed by atoms with E-state index < -0.39 is 0 Å². The lowest BCUT2D eigenvalue weighted by Crippen LogP contribution is -2.27. The van der Waals surface area contributed by atoms with Gasteiger partial charge in [-0.15, -0.1) is 0 Å². The lowest BCUT2D eigenvalue weighted by molar-refractivity contribution is 0.0953. The first-order valence-electron chi connectivity index (χ1n) is 7.45. The van der Waals surface area contributed by atoms with Crippen LogP contribution in [0, 0.1) is 5.92 Å². The van der Waals surface area contributed by atoms with Crippen molar-refractivity contribution in [2.45, 2.75) is 39.5 Å². The molecule has 0 aromatic carbocycles. The van der Waals surface area contributed by atoms with Crippen LogP contribution in [0.3, 0.4) is 0 Å². The highest BCUT2D eigenvalue weighted by atomic mass is 32.1. The normalized spacial score (nSPS) is 14.9. The van der Waals surface area contributed by atoms with Crippen LogP contribution in [-0.4, -0.2) is 30.5 Å². The smallest absolute Gasteiger partial charge is 0.265 e. The number of rotatable bonds is 7. The monoisotopic (exact) mass is 296 g/mol. The van der Waals surface area contributed by atoms with Crippen molar-refractivity contribution >= 4 is 28.2 Å². The second-order valence-electron chi connectivity index (χ2n) is 5.22. The maximum absolute atomic E-state index is 12.1. The third kappa shape index (κ3) is 3.42. The van der Waals surface area contributed by atoms with E-state index in [0.717, 1.165) is 37.1 Å². The molecule has 1 heterocycles. The lowest BCUT2D eigenvalue weighted by Gasteiger charge is -2.25. The van der Waals surface area contributed by atoms with Crippen molar-refractivity contribution in [3.05, 3.63) is 4.88 Å². The number of carbonyl (C=O) groups is 1. The molecule has 20 heavy (non-hydrogen) atoms. The molecule has 0 saturated heterocycles. The van der Waals surface area contributed by atoms with Gasteiger partial charge in [0.2, 0.25) is 0 Å². The highest BCUT2D eigenvalue weighted by Crippen LogP contribution is 2.29. The second kappa shape index (κ2) is 6.92. The maximum Gasteiger partial charge on any atom is 0.265 e. The quantitative estimate of drug-likeness (QED) is 0.811. The maximum atomic E-state index is 12.1. The molecule has 1 aliphatic carbocycles. The minimum absolute atomic E-state index is 0.0854. The molecule has 1 aromatic rings. The Balaban J connectivity index is 1.91. The molecular weight excluding hydrogens is 272 g/mol. The highest BCUT2D eigenvalue weighted by molar-refractivity contribution is 7.18. The van der Waals surface area contributed by atoms with E-state index in [1.165, 1.54) is 30.6 Å². The summed E-state index contributed by atoms with van der Waals surface area (Å²) in [5, 5.41) is 3.79. The fraction of sp³-hybridized carbons (Fsp3) is 0.714. The number of nitrogen functional groups attached to an aromatic ring is 1. The number of anilines is 2. The van der Waals surface area contributed by atoms with Gasteiger partial charge in [0.25, 0.3) is 5.91 Å². The van der Waals surface area contributed by atoms with Crippen LogP contribution in [0.15, 0.2) is 0 Å². The van der Waals surface area contributed by atoms with Gasteiger partial charge < -0.3 is 16.0 Å². The third-order valence-electron chi connectivity index (χ3n) is 3.95. The van der Waals surface area contributed by atoms with Gasteiger partial charge in [-0.05, 0) is 26.2 Å². The number of aromatic nitrogens is 1. The van der Waals surface area contributed by atoms with Crippen molar-refractivity contribution in [1.29, 1.82) is 0 Å². The van der Waals surface area contributed by atoms with E-state index in [2.05, 4.69) is 29.0 Å². The van der Waals surface area contributed by atoms with Gasteiger partial charge in [0, 0.05) is 19.6 Å². The summed E-state index contributed by atoms with van der Waals surface area (Å²) >= 11 is 1.38. The van der Waals surface area contributed by atoms with E-state index >= 15 is 0 Å². The number of amides is 1. The SMILES string of the molecule is CCN(CC)c1nc(N)c(C(=O)NCCC2CCC2)s1. The van der Waals surface area contributed by atoms with Crippen LogP contribution < -0.4 is 16.0 Å². The Hall–Kier alpha value is -1.30. The zero-order valence-electron chi connectivity index (χ0n) is 12.3. The molecule has 1 aromatic heterocycles. The van der Waals surface area contributed by atoms with Crippen molar-refractivity contribution < 1.29 is 4.79 Å². The molecule has 112 valence electrons. The van der Waals surface area contributed by atoms with Gasteiger partial charge in [0.1, 0.15) is 10.7 Å².